The van der Waals surface area contributed by atoms with Gasteiger partial charge >= 0.3 is 5.97 Å². The highest BCUT2D eigenvalue weighted by Crippen LogP contribution is 2.20. The van der Waals surface area contributed by atoms with E-state index in [1.54, 1.807) is 0 Å². The molecule has 1 aromatic carbocycles. The van der Waals surface area contributed by atoms with Gasteiger partial charge < -0.3 is 9.84 Å². The van der Waals surface area contributed by atoms with Gasteiger partial charge in [-0.15, -0.1) is 0 Å². The second kappa shape index (κ2) is 7.04. The molecule has 0 fully saturated rings. The summed E-state index contributed by atoms with van der Waals surface area (Å²) in [6.07, 6.45) is 1.66. The number of carboxylic acid groups (broad SMARTS) is 1. The molecule has 0 heterocycles. The molecule has 1 aromatic rings. The van der Waals surface area contributed by atoms with E-state index >= 15 is 0 Å². The van der Waals surface area contributed by atoms with Crippen molar-refractivity contribution in [1.29, 1.82) is 0 Å². The maximum Gasteiger partial charge on any atom is 0.303 e. The lowest BCUT2D eigenvalue weighted by Crippen LogP contribution is -2.05. The number of benzene rings is 1. The minimum Gasteiger partial charge on any atom is -0.493 e. The van der Waals surface area contributed by atoms with Crippen molar-refractivity contribution in [2.24, 2.45) is 5.92 Å². The van der Waals surface area contributed by atoms with Gasteiger partial charge in [-0.25, -0.2) is 0 Å². The zero-order chi connectivity index (χ0) is 13.5. The molecular formula is C15H22O3. The van der Waals surface area contributed by atoms with Crippen molar-refractivity contribution < 1.29 is 14.6 Å². The summed E-state index contributed by atoms with van der Waals surface area (Å²) in [5, 5.41) is 8.71. The van der Waals surface area contributed by atoms with Crippen LogP contribution in [0.25, 0.3) is 0 Å². The number of aryl methyl sites for hydroxylation is 2. The number of hydrogen-bond acceptors (Lipinski definition) is 2. The summed E-state index contributed by atoms with van der Waals surface area (Å²) in [6.45, 7) is 7.01. The van der Waals surface area contributed by atoms with Gasteiger partial charge in [0.1, 0.15) is 5.75 Å². The lowest BCUT2D eigenvalue weighted by molar-refractivity contribution is -0.136. The number of rotatable bonds is 7. The van der Waals surface area contributed by atoms with Crippen molar-refractivity contribution in [3.8, 4) is 5.75 Å². The highest BCUT2D eigenvalue weighted by atomic mass is 16.5. The summed E-state index contributed by atoms with van der Waals surface area (Å²) in [6, 6.07) is 5.94. The lowest BCUT2D eigenvalue weighted by Gasteiger charge is -2.12. The van der Waals surface area contributed by atoms with E-state index in [1.807, 2.05) is 18.2 Å². The van der Waals surface area contributed by atoms with Gasteiger partial charge in [-0.05, 0) is 42.0 Å². The molecule has 0 aliphatic heterocycles. The van der Waals surface area contributed by atoms with Gasteiger partial charge in [0.25, 0.3) is 0 Å². The van der Waals surface area contributed by atoms with Crippen molar-refractivity contribution >= 4 is 5.97 Å². The van der Waals surface area contributed by atoms with E-state index in [4.69, 9.17) is 9.84 Å². The van der Waals surface area contributed by atoms with Crippen LogP contribution in [-0.4, -0.2) is 17.7 Å². The molecule has 0 saturated heterocycles. The molecule has 0 unspecified atom stereocenters. The van der Waals surface area contributed by atoms with E-state index in [2.05, 4.69) is 20.8 Å². The monoisotopic (exact) mass is 250 g/mol. The van der Waals surface area contributed by atoms with Crippen molar-refractivity contribution in [3.05, 3.63) is 29.3 Å². The van der Waals surface area contributed by atoms with Crippen molar-refractivity contribution in [2.75, 3.05) is 6.61 Å². The standard InChI is InChI=1S/C15H22O3/c1-4-12-9-14(18-10-11(2)3)7-5-13(12)6-8-15(16)17/h5,7,9,11H,4,6,8,10H2,1-3H3,(H,16,17). The predicted octanol–water partition coefficient (Wildman–Crippen LogP) is 3.30. The Hall–Kier alpha value is -1.51. The molecular weight excluding hydrogens is 228 g/mol. The van der Waals surface area contributed by atoms with Crippen LogP contribution in [0.1, 0.15) is 38.3 Å². The summed E-state index contributed by atoms with van der Waals surface area (Å²) in [7, 11) is 0. The Morgan fingerprint density at radius 1 is 1.33 bits per heavy atom. The maximum absolute atomic E-state index is 10.6. The molecule has 0 amide bonds. The van der Waals surface area contributed by atoms with E-state index in [0.717, 1.165) is 17.7 Å². The molecule has 0 saturated carbocycles. The van der Waals surface area contributed by atoms with Gasteiger partial charge in [0, 0.05) is 6.42 Å². The Morgan fingerprint density at radius 3 is 2.61 bits per heavy atom. The van der Waals surface area contributed by atoms with Crippen LogP contribution in [0.3, 0.4) is 0 Å². The van der Waals surface area contributed by atoms with Gasteiger partial charge in [-0.3, -0.25) is 4.79 Å². The van der Waals surface area contributed by atoms with Gasteiger partial charge in [-0.1, -0.05) is 26.8 Å². The fraction of sp³-hybridized carbons (Fsp3) is 0.533. The van der Waals surface area contributed by atoms with Crippen LogP contribution < -0.4 is 4.74 Å². The normalized spacial score (nSPS) is 10.7. The topological polar surface area (TPSA) is 46.5 Å². The zero-order valence-corrected chi connectivity index (χ0v) is 11.4. The number of ether oxygens (including phenoxy) is 1. The maximum atomic E-state index is 10.6. The van der Waals surface area contributed by atoms with Crippen molar-refractivity contribution in [1.82, 2.24) is 0 Å². The molecule has 0 spiro atoms. The number of hydrogen-bond donors (Lipinski definition) is 1. The van der Waals surface area contributed by atoms with E-state index in [-0.39, 0.29) is 6.42 Å². The minimum atomic E-state index is -0.753. The van der Waals surface area contributed by atoms with Crippen LogP contribution >= 0.6 is 0 Å². The number of carbonyl (C=O) groups is 1. The summed E-state index contributed by atoms with van der Waals surface area (Å²) >= 11 is 0. The fourth-order valence-electron chi connectivity index (χ4n) is 1.77. The Morgan fingerprint density at radius 2 is 2.06 bits per heavy atom. The van der Waals surface area contributed by atoms with E-state index in [0.29, 0.717) is 18.9 Å². The first-order valence-electron chi connectivity index (χ1n) is 6.49. The highest BCUT2D eigenvalue weighted by Gasteiger charge is 2.06. The van der Waals surface area contributed by atoms with Crippen LogP contribution in [-0.2, 0) is 17.6 Å². The first-order valence-corrected chi connectivity index (χ1v) is 6.49. The molecule has 3 heteroatoms. The lowest BCUT2D eigenvalue weighted by atomic mass is 10.0. The molecule has 0 radical (unpaired) electrons. The molecule has 18 heavy (non-hydrogen) atoms. The van der Waals surface area contributed by atoms with Gasteiger partial charge in [0.15, 0.2) is 0 Å². The smallest absolute Gasteiger partial charge is 0.303 e. The average molecular weight is 250 g/mol. The van der Waals surface area contributed by atoms with E-state index in [9.17, 15) is 4.79 Å². The third-order valence-corrected chi connectivity index (χ3v) is 2.75. The molecule has 0 aliphatic carbocycles. The van der Waals surface area contributed by atoms with Crippen molar-refractivity contribution in [3.63, 3.8) is 0 Å². The highest BCUT2D eigenvalue weighted by molar-refractivity contribution is 5.67. The Balaban J connectivity index is 2.73. The molecule has 1 rings (SSSR count). The number of carboxylic acids is 1. The summed E-state index contributed by atoms with van der Waals surface area (Å²) in [4.78, 5) is 10.6. The SMILES string of the molecule is CCc1cc(OCC(C)C)ccc1CCC(=O)O. The molecule has 0 aliphatic rings. The number of aliphatic carboxylic acids is 1. The van der Waals surface area contributed by atoms with Crippen LogP contribution in [0.15, 0.2) is 18.2 Å². The van der Waals surface area contributed by atoms with Crippen LogP contribution in [0.4, 0.5) is 0 Å². The summed E-state index contributed by atoms with van der Waals surface area (Å²) in [5.74, 6) is 0.624. The second-order valence-corrected chi connectivity index (χ2v) is 4.88. The van der Waals surface area contributed by atoms with Gasteiger partial charge in [0.05, 0.1) is 6.61 Å². The average Bonchev–Trinajstić information content (AvgIpc) is 2.34. The third kappa shape index (κ3) is 4.78. The first-order chi connectivity index (χ1) is 8.52. The Bertz CT molecular complexity index is 397. The zero-order valence-electron chi connectivity index (χ0n) is 11.4. The predicted molar refractivity (Wildman–Crippen MR) is 72.1 cm³/mol. The van der Waals surface area contributed by atoms with E-state index < -0.39 is 5.97 Å². The first kappa shape index (κ1) is 14.6. The Labute approximate surface area is 109 Å². The molecule has 0 atom stereocenters. The molecule has 0 aromatic heterocycles. The second-order valence-electron chi connectivity index (χ2n) is 4.88. The summed E-state index contributed by atoms with van der Waals surface area (Å²) < 4.78 is 5.67. The minimum absolute atomic E-state index is 0.180. The Kier molecular flexibility index (Phi) is 5.69. The van der Waals surface area contributed by atoms with Gasteiger partial charge in [-0.2, -0.15) is 0 Å². The van der Waals surface area contributed by atoms with E-state index in [1.165, 1.54) is 5.56 Å². The van der Waals surface area contributed by atoms with Crippen LogP contribution in [0, 0.1) is 5.92 Å². The molecule has 0 bridgehead atoms. The van der Waals surface area contributed by atoms with Crippen molar-refractivity contribution in [2.45, 2.75) is 40.0 Å². The molecule has 1 N–H and O–H groups in total. The molecule has 3 nitrogen and oxygen atoms in total. The summed E-state index contributed by atoms with van der Waals surface area (Å²) in [5.41, 5.74) is 2.29. The quantitative estimate of drug-likeness (QED) is 0.807. The fourth-order valence-corrected chi connectivity index (χ4v) is 1.77. The molecule has 100 valence electrons. The van der Waals surface area contributed by atoms with Gasteiger partial charge in [0.2, 0.25) is 0 Å². The third-order valence-electron chi connectivity index (χ3n) is 2.75. The van der Waals surface area contributed by atoms with Crippen LogP contribution in [0.5, 0.6) is 5.75 Å². The largest absolute Gasteiger partial charge is 0.493 e. The van der Waals surface area contributed by atoms with Crippen LogP contribution in [0.2, 0.25) is 0 Å².